The van der Waals surface area contributed by atoms with Crippen LogP contribution in [0, 0.1) is 11.3 Å². The molecule has 1 aromatic carbocycles. The molecular formula is C18H20N4O2. The molecule has 1 N–H and O–H groups in total. The third-order valence-corrected chi connectivity index (χ3v) is 5.35. The van der Waals surface area contributed by atoms with E-state index in [1.54, 1.807) is 13.0 Å². The van der Waals surface area contributed by atoms with Gasteiger partial charge in [-0.25, -0.2) is 4.79 Å². The van der Waals surface area contributed by atoms with Gasteiger partial charge in [-0.1, -0.05) is 0 Å². The van der Waals surface area contributed by atoms with Crippen molar-refractivity contribution < 1.29 is 9.59 Å². The SMILES string of the molecule is CC(=O)N1C[C@@H]2C[C@H]1CN2C(=O)Nc1ccc(C#N)cc1C1CC1. The molecule has 3 aliphatic rings. The van der Waals surface area contributed by atoms with Crippen LogP contribution in [0.1, 0.15) is 43.2 Å². The van der Waals surface area contributed by atoms with E-state index in [4.69, 9.17) is 5.26 Å². The van der Waals surface area contributed by atoms with Gasteiger partial charge in [-0.15, -0.1) is 0 Å². The lowest BCUT2D eigenvalue weighted by atomic mass is 10.0. The largest absolute Gasteiger partial charge is 0.336 e. The molecule has 2 saturated heterocycles. The molecule has 3 fully saturated rings. The van der Waals surface area contributed by atoms with Crippen LogP contribution in [0.15, 0.2) is 18.2 Å². The summed E-state index contributed by atoms with van der Waals surface area (Å²) in [6.45, 7) is 2.82. The van der Waals surface area contributed by atoms with Gasteiger partial charge in [0.25, 0.3) is 0 Å². The first-order valence-corrected chi connectivity index (χ1v) is 8.45. The van der Waals surface area contributed by atoms with E-state index in [2.05, 4.69) is 11.4 Å². The highest BCUT2D eigenvalue weighted by Crippen LogP contribution is 2.44. The first-order valence-electron chi connectivity index (χ1n) is 8.45. The summed E-state index contributed by atoms with van der Waals surface area (Å²) < 4.78 is 0. The molecule has 1 aliphatic carbocycles. The van der Waals surface area contributed by atoms with Crippen molar-refractivity contribution >= 4 is 17.6 Å². The van der Waals surface area contributed by atoms with Crippen molar-refractivity contribution in [2.45, 2.75) is 44.2 Å². The predicted octanol–water partition coefficient (Wildman–Crippen LogP) is 2.27. The Morgan fingerprint density at radius 3 is 2.50 bits per heavy atom. The van der Waals surface area contributed by atoms with Crippen LogP contribution < -0.4 is 5.32 Å². The maximum atomic E-state index is 12.7. The van der Waals surface area contributed by atoms with Crippen LogP contribution in [-0.4, -0.2) is 46.9 Å². The van der Waals surface area contributed by atoms with Gasteiger partial charge in [0.05, 0.1) is 23.7 Å². The molecule has 2 aliphatic heterocycles. The Balaban J connectivity index is 1.48. The zero-order chi connectivity index (χ0) is 16.8. The van der Waals surface area contributed by atoms with Gasteiger partial charge in [-0.2, -0.15) is 5.26 Å². The smallest absolute Gasteiger partial charge is 0.322 e. The van der Waals surface area contributed by atoms with Gasteiger partial charge in [-0.05, 0) is 48.9 Å². The predicted molar refractivity (Wildman–Crippen MR) is 88.4 cm³/mol. The standard InChI is InChI=1S/C18H20N4O2/c1-11(23)21-9-15-7-14(21)10-22(15)18(24)20-17-5-2-12(8-19)6-16(17)13-3-4-13/h2,5-6,13-15H,3-4,7,9-10H2,1H3,(H,20,24)/t14-,15-/m0/s1. The molecule has 2 bridgehead atoms. The van der Waals surface area contributed by atoms with E-state index >= 15 is 0 Å². The number of anilines is 1. The average Bonchev–Trinajstić information content (AvgIpc) is 3.22. The van der Waals surface area contributed by atoms with E-state index in [1.807, 2.05) is 21.9 Å². The number of hydrogen-bond donors (Lipinski definition) is 1. The number of nitrogens with one attached hydrogen (secondary N) is 1. The number of hydrogen-bond acceptors (Lipinski definition) is 3. The molecule has 124 valence electrons. The maximum absolute atomic E-state index is 12.7. The minimum atomic E-state index is -0.0997. The van der Waals surface area contributed by atoms with Crippen molar-refractivity contribution in [3.63, 3.8) is 0 Å². The molecule has 6 heteroatoms. The van der Waals surface area contributed by atoms with Crippen molar-refractivity contribution in [3.05, 3.63) is 29.3 Å². The summed E-state index contributed by atoms with van der Waals surface area (Å²) in [6.07, 6.45) is 3.09. The summed E-state index contributed by atoms with van der Waals surface area (Å²) in [5.41, 5.74) is 2.51. The van der Waals surface area contributed by atoms with Crippen molar-refractivity contribution in [3.8, 4) is 6.07 Å². The molecule has 2 atom stereocenters. The van der Waals surface area contributed by atoms with Gasteiger partial charge in [0.1, 0.15) is 0 Å². The van der Waals surface area contributed by atoms with Gasteiger partial charge in [-0.3, -0.25) is 4.79 Å². The molecule has 0 spiro atoms. The Morgan fingerprint density at radius 2 is 1.92 bits per heavy atom. The number of piperazine rings is 1. The van der Waals surface area contributed by atoms with E-state index < -0.39 is 0 Å². The highest BCUT2D eigenvalue weighted by atomic mass is 16.2. The van der Waals surface area contributed by atoms with Crippen LogP contribution in [0.3, 0.4) is 0 Å². The van der Waals surface area contributed by atoms with Crippen LogP contribution in [0.2, 0.25) is 0 Å². The van der Waals surface area contributed by atoms with Crippen LogP contribution in [0.5, 0.6) is 0 Å². The van der Waals surface area contributed by atoms with Gasteiger partial charge in [0.2, 0.25) is 5.91 Å². The van der Waals surface area contributed by atoms with E-state index in [0.717, 1.165) is 30.5 Å². The van der Waals surface area contributed by atoms with Crippen LogP contribution in [-0.2, 0) is 4.79 Å². The Hall–Kier alpha value is -2.55. The summed E-state index contributed by atoms with van der Waals surface area (Å²) >= 11 is 0. The molecule has 0 radical (unpaired) electrons. The fourth-order valence-corrected chi connectivity index (χ4v) is 3.97. The average molecular weight is 324 g/mol. The number of fused-ring (bicyclic) bond motifs is 2. The monoisotopic (exact) mass is 324 g/mol. The van der Waals surface area contributed by atoms with Crippen molar-refractivity contribution in [1.29, 1.82) is 5.26 Å². The first kappa shape index (κ1) is 15.0. The lowest BCUT2D eigenvalue weighted by molar-refractivity contribution is -0.130. The second-order valence-electron chi connectivity index (χ2n) is 6.99. The lowest BCUT2D eigenvalue weighted by Gasteiger charge is -2.33. The Labute approximate surface area is 141 Å². The molecule has 1 saturated carbocycles. The lowest BCUT2D eigenvalue weighted by Crippen LogP contribution is -2.51. The quantitative estimate of drug-likeness (QED) is 0.906. The fraction of sp³-hybridized carbons (Fsp3) is 0.500. The fourth-order valence-electron chi connectivity index (χ4n) is 3.97. The van der Waals surface area contributed by atoms with Gasteiger partial charge in [0, 0.05) is 25.7 Å². The van der Waals surface area contributed by atoms with E-state index in [1.165, 1.54) is 0 Å². The summed E-state index contributed by atoms with van der Waals surface area (Å²) in [4.78, 5) is 28.0. The van der Waals surface area contributed by atoms with Gasteiger partial charge in [0.15, 0.2) is 0 Å². The molecule has 24 heavy (non-hydrogen) atoms. The third-order valence-electron chi connectivity index (χ3n) is 5.35. The summed E-state index contributed by atoms with van der Waals surface area (Å²) in [7, 11) is 0. The number of rotatable bonds is 2. The number of urea groups is 1. The number of likely N-dealkylation sites (tertiary alicyclic amines) is 2. The van der Waals surface area contributed by atoms with E-state index in [0.29, 0.717) is 24.6 Å². The summed E-state index contributed by atoms with van der Waals surface area (Å²) in [5, 5.41) is 12.1. The number of carbonyl (C=O) groups is 2. The Kier molecular flexibility index (Phi) is 3.45. The molecule has 4 rings (SSSR count). The Morgan fingerprint density at radius 1 is 1.21 bits per heavy atom. The minimum absolute atomic E-state index is 0.0886. The highest BCUT2D eigenvalue weighted by molar-refractivity contribution is 5.91. The van der Waals surface area contributed by atoms with E-state index in [9.17, 15) is 9.59 Å². The van der Waals surface area contributed by atoms with E-state index in [-0.39, 0.29) is 24.0 Å². The number of nitriles is 1. The van der Waals surface area contributed by atoms with Crippen molar-refractivity contribution in [2.24, 2.45) is 0 Å². The van der Waals surface area contributed by atoms with Crippen molar-refractivity contribution in [2.75, 3.05) is 18.4 Å². The highest BCUT2D eigenvalue weighted by Gasteiger charge is 2.46. The zero-order valence-electron chi connectivity index (χ0n) is 13.7. The van der Waals surface area contributed by atoms with Crippen molar-refractivity contribution in [1.82, 2.24) is 9.80 Å². The summed E-state index contributed by atoms with van der Waals surface area (Å²) in [6, 6.07) is 7.80. The number of carbonyl (C=O) groups excluding carboxylic acids is 2. The van der Waals surface area contributed by atoms with Gasteiger partial charge < -0.3 is 15.1 Å². The van der Waals surface area contributed by atoms with Crippen LogP contribution >= 0.6 is 0 Å². The van der Waals surface area contributed by atoms with Crippen LogP contribution in [0.4, 0.5) is 10.5 Å². The zero-order valence-corrected chi connectivity index (χ0v) is 13.7. The van der Waals surface area contributed by atoms with Crippen LogP contribution in [0.25, 0.3) is 0 Å². The summed E-state index contributed by atoms with van der Waals surface area (Å²) in [5.74, 6) is 0.544. The molecule has 1 aromatic rings. The molecule has 2 heterocycles. The number of nitrogens with zero attached hydrogens (tertiary/aromatic N) is 3. The second kappa shape index (κ2) is 5.52. The number of amides is 3. The first-order chi connectivity index (χ1) is 11.6. The number of benzene rings is 1. The second-order valence-corrected chi connectivity index (χ2v) is 6.99. The maximum Gasteiger partial charge on any atom is 0.322 e. The van der Waals surface area contributed by atoms with Gasteiger partial charge >= 0.3 is 6.03 Å². The molecule has 0 aromatic heterocycles. The topological polar surface area (TPSA) is 76.4 Å². The third kappa shape index (κ3) is 2.50. The molecular weight excluding hydrogens is 304 g/mol. The normalized spacial score (nSPS) is 24.8. The Bertz CT molecular complexity index is 750. The minimum Gasteiger partial charge on any atom is -0.336 e. The molecule has 6 nitrogen and oxygen atoms in total. The molecule has 3 amide bonds. The molecule has 0 unspecified atom stereocenters.